The van der Waals surface area contributed by atoms with Crippen LogP contribution in [0.1, 0.15) is 16.8 Å². The van der Waals surface area contributed by atoms with E-state index >= 15 is 0 Å². The molecule has 0 aliphatic rings. The van der Waals surface area contributed by atoms with Crippen LogP contribution in [-0.4, -0.2) is 9.67 Å². The van der Waals surface area contributed by atoms with Gasteiger partial charge in [-0.2, -0.15) is 0 Å². The van der Waals surface area contributed by atoms with E-state index in [9.17, 15) is 5.11 Å². The molecule has 2 aromatic carbocycles. The van der Waals surface area contributed by atoms with Gasteiger partial charge < -0.3 is 15.4 Å². The monoisotopic (exact) mass is 300 g/mol. The maximum atomic E-state index is 9.66. The number of hydrogen-bond donors (Lipinski definition) is 2. The maximum Gasteiger partial charge on any atom is 0.0848 e. The van der Waals surface area contributed by atoms with Crippen molar-refractivity contribution in [3.8, 4) is 0 Å². The average molecular weight is 301 g/mol. The van der Waals surface area contributed by atoms with Crippen molar-refractivity contribution < 1.29 is 5.11 Å². The molecule has 1 aromatic heterocycles. The summed E-state index contributed by atoms with van der Waals surface area (Å²) in [7, 11) is 0. The van der Waals surface area contributed by atoms with Gasteiger partial charge in [-0.3, -0.25) is 0 Å². The van der Waals surface area contributed by atoms with Crippen molar-refractivity contribution in [1.82, 2.24) is 4.57 Å². The molecule has 0 saturated heterocycles. The van der Waals surface area contributed by atoms with Gasteiger partial charge in [-0.1, -0.05) is 41.4 Å². The summed E-state index contributed by atoms with van der Waals surface area (Å²) in [4.78, 5) is 0. The van der Waals surface area contributed by atoms with E-state index in [4.69, 9.17) is 17.3 Å². The van der Waals surface area contributed by atoms with Crippen LogP contribution in [0.15, 0.2) is 42.5 Å². The minimum Gasteiger partial charge on any atom is -0.399 e. The highest BCUT2D eigenvalue weighted by molar-refractivity contribution is 6.36. The maximum absolute atomic E-state index is 9.66. The highest BCUT2D eigenvalue weighted by Gasteiger charge is 2.15. The van der Waals surface area contributed by atoms with Crippen LogP contribution < -0.4 is 5.73 Å². The molecule has 108 valence electrons. The van der Waals surface area contributed by atoms with Crippen LogP contribution in [0.25, 0.3) is 10.9 Å². The highest BCUT2D eigenvalue weighted by Crippen LogP contribution is 2.32. The Labute approximate surface area is 128 Å². The highest BCUT2D eigenvalue weighted by atomic mass is 35.5. The first-order valence-electron chi connectivity index (χ1n) is 6.82. The molecule has 21 heavy (non-hydrogen) atoms. The van der Waals surface area contributed by atoms with Crippen LogP contribution in [-0.2, 0) is 13.2 Å². The summed E-state index contributed by atoms with van der Waals surface area (Å²) in [6.45, 7) is 2.64. The topological polar surface area (TPSA) is 51.2 Å². The van der Waals surface area contributed by atoms with Gasteiger partial charge in [-0.25, -0.2) is 0 Å². The number of hydrogen-bond acceptors (Lipinski definition) is 2. The molecule has 0 bridgehead atoms. The summed E-state index contributed by atoms with van der Waals surface area (Å²) in [5.74, 6) is 0. The molecule has 0 amide bonds. The Morgan fingerprint density at radius 2 is 1.86 bits per heavy atom. The quantitative estimate of drug-likeness (QED) is 0.724. The molecule has 0 atom stereocenters. The average Bonchev–Trinajstić information content (AvgIpc) is 2.73. The third kappa shape index (κ3) is 2.50. The van der Waals surface area contributed by atoms with E-state index in [1.165, 1.54) is 11.1 Å². The standard InChI is InChI=1S/C17H17ClN2O/c1-11-2-4-12(5-3-11)9-20-15-7-6-13(19)8-14(15)17(18)16(20)10-21/h2-8,21H,9-10,19H2,1H3. The Kier molecular flexibility index (Phi) is 3.62. The molecular weight excluding hydrogens is 284 g/mol. The number of rotatable bonds is 3. The van der Waals surface area contributed by atoms with Crippen molar-refractivity contribution in [1.29, 1.82) is 0 Å². The normalized spacial score (nSPS) is 11.2. The minimum absolute atomic E-state index is 0.0979. The van der Waals surface area contributed by atoms with Crippen LogP contribution in [0.3, 0.4) is 0 Å². The lowest BCUT2D eigenvalue weighted by molar-refractivity contribution is 0.272. The van der Waals surface area contributed by atoms with Gasteiger partial charge >= 0.3 is 0 Å². The zero-order valence-corrected chi connectivity index (χ0v) is 12.6. The molecule has 3 nitrogen and oxygen atoms in total. The van der Waals surface area contributed by atoms with Gasteiger partial charge in [0.05, 0.1) is 22.8 Å². The molecule has 4 heteroatoms. The van der Waals surface area contributed by atoms with Gasteiger partial charge in [0.1, 0.15) is 0 Å². The van der Waals surface area contributed by atoms with E-state index < -0.39 is 0 Å². The zero-order valence-electron chi connectivity index (χ0n) is 11.8. The van der Waals surface area contributed by atoms with Crippen molar-refractivity contribution >= 4 is 28.2 Å². The van der Waals surface area contributed by atoms with E-state index in [1.807, 2.05) is 22.8 Å². The van der Waals surface area contributed by atoms with Crippen molar-refractivity contribution in [3.05, 3.63) is 64.3 Å². The van der Waals surface area contributed by atoms with Crippen LogP contribution in [0.4, 0.5) is 5.69 Å². The fourth-order valence-corrected chi connectivity index (χ4v) is 2.91. The summed E-state index contributed by atoms with van der Waals surface area (Å²) in [6, 6.07) is 14.0. The minimum atomic E-state index is -0.0979. The number of aromatic nitrogens is 1. The number of nitrogens with two attached hydrogens (primary N) is 1. The number of aliphatic hydroxyl groups is 1. The van der Waals surface area contributed by atoms with E-state index in [0.29, 0.717) is 17.3 Å². The van der Waals surface area contributed by atoms with Gasteiger partial charge in [0.15, 0.2) is 0 Å². The number of fused-ring (bicyclic) bond motifs is 1. The second-order valence-electron chi connectivity index (χ2n) is 5.27. The number of nitrogens with zero attached hydrogens (tertiary/aromatic N) is 1. The largest absolute Gasteiger partial charge is 0.399 e. The predicted molar refractivity (Wildman–Crippen MR) is 87.6 cm³/mol. The third-order valence-electron chi connectivity index (χ3n) is 3.74. The second kappa shape index (κ2) is 5.43. The smallest absolute Gasteiger partial charge is 0.0848 e. The molecule has 0 radical (unpaired) electrons. The molecule has 0 spiro atoms. The Morgan fingerprint density at radius 1 is 1.14 bits per heavy atom. The fourth-order valence-electron chi connectivity index (χ4n) is 2.60. The van der Waals surface area contributed by atoms with Crippen LogP contribution in [0.5, 0.6) is 0 Å². The van der Waals surface area contributed by atoms with Gasteiger partial charge in [0.25, 0.3) is 0 Å². The van der Waals surface area contributed by atoms with Crippen molar-refractivity contribution in [2.24, 2.45) is 0 Å². The number of benzene rings is 2. The van der Waals surface area contributed by atoms with Crippen molar-refractivity contribution in [2.45, 2.75) is 20.1 Å². The molecule has 0 fully saturated rings. The van der Waals surface area contributed by atoms with Gasteiger partial charge in [0, 0.05) is 17.6 Å². The van der Waals surface area contributed by atoms with E-state index in [0.717, 1.165) is 16.6 Å². The molecule has 3 rings (SSSR count). The van der Waals surface area contributed by atoms with Crippen LogP contribution in [0.2, 0.25) is 5.02 Å². The Balaban J connectivity index is 2.14. The first kappa shape index (κ1) is 14.0. The summed E-state index contributed by atoms with van der Waals surface area (Å²) >= 11 is 6.39. The van der Waals surface area contributed by atoms with Gasteiger partial charge in [-0.05, 0) is 30.7 Å². The van der Waals surface area contributed by atoms with Crippen LogP contribution in [0, 0.1) is 6.92 Å². The molecule has 1 heterocycles. The zero-order chi connectivity index (χ0) is 15.0. The predicted octanol–water partition coefficient (Wildman–Crippen LogP) is 3.73. The second-order valence-corrected chi connectivity index (χ2v) is 5.65. The lowest BCUT2D eigenvalue weighted by Gasteiger charge is -2.10. The number of halogens is 1. The number of aryl methyl sites for hydroxylation is 1. The number of nitrogen functional groups attached to an aromatic ring is 1. The first-order valence-corrected chi connectivity index (χ1v) is 7.20. The molecule has 0 aliphatic carbocycles. The number of anilines is 1. The lowest BCUT2D eigenvalue weighted by Crippen LogP contribution is -2.04. The SMILES string of the molecule is Cc1ccc(Cn2c(CO)c(Cl)c3cc(N)ccc32)cc1. The lowest BCUT2D eigenvalue weighted by atomic mass is 10.1. The van der Waals surface area contributed by atoms with E-state index in [1.54, 1.807) is 0 Å². The molecule has 3 N–H and O–H groups in total. The Hall–Kier alpha value is -1.97. The molecule has 0 unspecified atom stereocenters. The molecule has 0 saturated carbocycles. The van der Waals surface area contributed by atoms with E-state index in [-0.39, 0.29) is 6.61 Å². The summed E-state index contributed by atoms with van der Waals surface area (Å²) < 4.78 is 2.04. The van der Waals surface area contributed by atoms with Gasteiger partial charge in [0.2, 0.25) is 0 Å². The molecule has 0 aliphatic heterocycles. The Morgan fingerprint density at radius 3 is 2.52 bits per heavy atom. The first-order chi connectivity index (χ1) is 10.1. The molecule has 3 aromatic rings. The summed E-state index contributed by atoms with van der Waals surface area (Å²) in [5, 5.41) is 11.1. The van der Waals surface area contributed by atoms with E-state index in [2.05, 4.69) is 31.2 Å². The third-order valence-corrected chi connectivity index (χ3v) is 4.16. The summed E-state index contributed by atoms with van der Waals surface area (Å²) in [6.07, 6.45) is 0. The number of aliphatic hydroxyl groups excluding tert-OH is 1. The molecular formula is C17H17ClN2O. The van der Waals surface area contributed by atoms with Crippen LogP contribution >= 0.6 is 11.6 Å². The van der Waals surface area contributed by atoms with Gasteiger partial charge in [-0.15, -0.1) is 0 Å². The van der Waals surface area contributed by atoms with Crippen molar-refractivity contribution in [3.63, 3.8) is 0 Å². The fraction of sp³-hybridized carbons (Fsp3) is 0.176. The Bertz CT molecular complexity index is 791. The van der Waals surface area contributed by atoms with Crippen molar-refractivity contribution in [2.75, 3.05) is 5.73 Å². The summed E-state index contributed by atoms with van der Waals surface area (Å²) in [5.41, 5.74) is 10.6.